The molecule has 0 radical (unpaired) electrons. The van der Waals surface area contributed by atoms with E-state index in [2.05, 4.69) is 22.5 Å². The zero-order chi connectivity index (χ0) is 28.6. The van der Waals surface area contributed by atoms with Crippen molar-refractivity contribution in [2.24, 2.45) is 11.8 Å². The predicted molar refractivity (Wildman–Crippen MR) is 154 cm³/mol. The second-order valence-corrected chi connectivity index (χ2v) is 10.8. The van der Waals surface area contributed by atoms with Crippen molar-refractivity contribution in [1.82, 2.24) is 25.0 Å². The highest BCUT2D eigenvalue weighted by atomic mass is 19.1. The number of rotatable bonds is 8. The normalized spacial score (nSPS) is 15.2. The molecule has 1 fully saturated rings. The first-order valence-corrected chi connectivity index (χ1v) is 13.6. The van der Waals surface area contributed by atoms with Gasteiger partial charge in [0.2, 0.25) is 5.91 Å². The third kappa shape index (κ3) is 5.01. The topological polar surface area (TPSA) is 88.4 Å². The Bertz CT molecular complexity index is 1600. The van der Waals surface area contributed by atoms with E-state index in [4.69, 9.17) is 4.98 Å². The lowest BCUT2D eigenvalue weighted by Gasteiger charge is -2.27. The summed E-state index contributed by atoms with van der Waals surface area (Å²) in [6, 6.07) is 15.6. The second kappa shape index (κ2) is 10.7. The van der Waals surface area contributed by atoms with Gasteiger partial charge in [-0.1, -0.05) is 25.5 Å². The molecule has 3 heterocycles. The standard InChI is InChI=1S/C32H34FN5O2/c1-19(2)27(20(3)21(4)30(39)37-32(15-16-32)25-8-6-7-17-35-25)23-11-14-26-36-28(22-9-12-24(33)13-10-22)29(31(40)34-5)38(26)18-23/h6-14,17-18,20-21H,15-16H2,1-5H3,(H,34,40)(H,37,39). The van der Waals surface area contributed by atoms with Gasteiger partial charge in [0.15, 0.2) is 0 Å². The first kappa shape index (κ1) is 27.2. The molecule has 0 aliphatic heterocycles. The number of fused-ring (bicyclic) bond motifs is 1. The minimum absolute atomic E-state index is 0.0113. The van der Waals surface area contributed by atoms with Crippen LogP contribution in [0, 0.1) is 17.7 Å². The number of nitrogens with zero attached hydrogens (tertiary/aromatic N) is 3. The number of hydrogen-bond acceptors (Lipinski definition) is 4. The van der Waals surface area contributed by atoms with Crippen LogP contribution in [0.25, 0.3) is 22.5 Å². The van der Waals surface area contributed by atoms with Crippen molar-refractivity contribution >= 4 is 23.0 Å². The molecule has 2 atom stereocenters. The number of aromatic nitrogens is 3. The van der Waals surface area contributed by atoms with Crippen LogP contribution >= 0.6 is 0 Å². The van der Waals surface area contributed by atoms with Crippen molar-refractivity contribution in [2.45, 2.75) is 46.1 Å². The molecular formula is C32H34FN5O2. The van der Waals surface area contributed by atoms with Crippen LogP contribution in [0.4, 0.5) is 4.39 Å². The van der Waals surface area contributed by atoms with Crippen LogP contribution in [0.15, 0.2) is 72.6 Å². The number of allylic oxidation sites excluding steroid dienone is 2. The fourth-order valence-corrected chi connectivity index (χ4v) is 5.40. The van der Waals surface area contributed by atoms with Crippen LogP contribution in [-0.2, 0) is 10.3 Å². The average molecular weight is 540 g/mol. The van der Waals surface area contributed by atoms with Gasteiger partial charge in [-0.2, -0.15) is 0 Å². The Morgan fingerprint density at radius 1 is 1.00 bits per heavy atom. The lowest BCUT2D eigenvalue weighted by atomic mass is 9.82. The van der Waals surface area contributed by atoms with Gasteiger partial charge in [0.25, 0.3) is 5.91 Å². The number of nitrogens with one attached hydrogen (secondary N) is 2. The quantitative estimate of drug-likeness (QED) is 0.298. The molecule has 4 aromatic rings. The zero-order valence-electron chi connectivity index (χ0n) is 23.5. The molecule has 8 heteroatoms. The Morgan fingerprint density at radius 3 is 2.33 bits per heavy atom. The van der Waals surface area contributed by atoms with Crippen LogP contribution in [-0.4, -0.2) is 33.2 Å². The Labute approximate surface area is 233 Å². The van der Waals surface area contributed by atoms with E-state index in [1.807, 2.05) is 57.3 Å². The van der Waals surface area contributed by atoms with Gasteiger partial charge >= 0.3 is 0 Å². The molecule has 1 aromatic carbocycles. The average Bonchev–Trinajstić information content (AvgIpc) is 3.64. The summed E-state index contributed by atoms with van der Waals surface area (Å²) in [6.45, 7) is 8.09. The van der Waals surface area contributed by atoms with Gasteiger partial charge in [0, 0.05) is 30.9 Å². The summed E-state index contributed by atoms with van der Waals surface area (Å²) in [5.74, 6) is -1.08. The number of benzene rings is 1. The number of carbonyl (C=O) groups is 2. The van der Waals surface area contributed by atoms with Crippen LogP contribution in [0.1, 0.15) is 62.3 Å². The van der Waals surface area contributed by atoms with Crippen molar-refractivity contribution < 1.29 is 14.0 Å². The highest BCUT2D eigenvalue weighted by Crippen LogP contribution is 2.45. The van der Waals surface area contributed by atoms with Crippen molar-refractivity contribution in [1.29, 1.82) is 0 Å². The molecule has 2 amide bonds. The van der Waals surface area contributed by atoms with E-state index in [0.717, 1.165) is 35.2 Å². The molecule has 1 aliphatic carbocycles. The van der Waals surface area contributed by atoms with Crippen LogP contribution in [0.2, 0.25) is 0 Å². The number of halogens is 1. The van der Waals surface area contributed by atoms with Gasteiger partial charge in [0.1, 0.15) is 22.9 Å². The van der Waals surface area contributed by atoms with Gasteiger partial charge in [-0.15, -0.1) is 0 Å². The van der Waals surface area contributed by atoms with E-state index in [9.17, 15) is 14.0 Å². The molecule has 0 bridgehead atoms. The molecule has 3 aromatic heterocycles. The first-order chi connectivity index (χ1) is 19.1. The molecule has 7 nitrogen and oxygen atoms in total. The monoisotopic (exact) mass is 539 g/mol. The summed E-state index contributed by atoms with van der Waals surface area (Å²) in [6.07, 6.45) is 5.42. The number of pyridine rings is 2. The minimum Gasteiger partial charge on any atom is -0.354 e. The molecule has 0 saturated heterocycles. The molecule has 2 N–H and O–H groups in total. The maximum absolute atomic E-state index is 13.6. The van der Waals surface area contributed by atoms with Crippen LogP contribution in [0.5, 0.6) is 0 Å². The number of amides is 2. The summed E-state index contributed by atoms with van der Waals surface area (Å²) in [7, 11) is 1.57. The SMILES string of the molecule is CNC(=O)c1c(-c2ccc(F)cc2)nc2ccc(C(=C(C)C)C(C)C(C)C(=O)NC3(c4ccccn4)CC3)cn12. The van der Waals surface area contributed by atoms with Gasteiger partial charge in [-0.3, -0.25) is 19.0 Å². The Morgan fingerprint density at radius 2 is 1.73 bits per heavy atom. The van der Waals surface area contributed by atoms with E-state index in [-0.39, 0.29) is 35.0 Å². The van der Waals surface area contributed by atoms with Crippen molar-refractivity contribution in [3.63, 3.8) is 0 Å². The van der Waals surface area contributed by atoms with Gasteiger partial charge in [-0.25, -0.2) is 9.37 Å². The van der Waals surface area contributed by atoms with E-state index in [1.54, 1.807) is 29.8 Å². The van der Waals surface area contributed by atoms with E-state index in [0.29, 0.717) is 22.6 Å². The summed E-state index contributed by atoms with van der Waals surface area (Å²) in [5, 5.41) is 5.98. The van der Waals surface area contributed by atoms with E-state index >= 15 is 0 Å². The highest BCUT2D eigenvalue weighted by Gasteiger charge is 2.47. The third-order valence-corrected chi connectivity index (χ3v) is 7.91. The minimum atomic E-state index is -0.383. The lowest BCUT2D eigenvalue weighted by Crippen LogP contribution is -2.40. The predicted octanol–water partition coefficient (Wildman–Crippen LogP) is 5.77. The van der Waals surface area contributed by atoms with Crippen molar-refractivity contribution in [3.8, 4) is 11.3 Å². The zero-order valence-corrected chi connectivity index (χ0v) is 23.5. The molecule has 2 unspecified atom stereocenters. The molecule has 1 saturated carbocycles. The summed E-state index contributed by atoms with van der Waals surface area (Å²) in [5.41, 5.74) is 5.61. The summed E-state index contributed by atoms with van der Waals surface area (Å²) < 4.78 is 15.4. The summed E-state index contributed by atoms with van der Waals surface area (Å²) in [4.78, 5) is 35.7. The molecular weight excluding hydrogens is 505 g/mol. The van der Waals surface area contributed by atoms with Gasteiger partial charge in [-0.05, 0) is 92.3 Å². The first-order valence-electron chi connectivity index (χ1n) is 13.6. The van der Waals surface area contributed by atoms with Crippen LogP contribution in [0.3, 0.4) is 0 Å². The maximum atomic E-state index is 13.6. The Hall–Kier alpha value is -4.33. The number of imidazole rings is 1. The van der Waals surface area contributed by atoms with Crippen molar-refractivity contribution in [3.05, 3.63) is 95.3 Å². The lowest BCUT2D eigenvalue weighted by molar-refractivity contribution is -0.126. The fraction of sp³-hybridized carbons (Fsp3) is 0.312. The van der Waals surface area contributed by atoms with Crippen molar-refractivity contribution in [2.75, 3.05) is 7.05 Å². The van der Waals surface area contributed by atoms with E-state index < -0.39 is 0 Å². The van der Waals surface area contributed by atoms with E-state index in [1.165, 1.54) is 12.1 Å². The molecule has 40 heavy (non-hydrogen) atoms. The largest absolute Gasteiger partial charge is 0.354 e. The van der Waals surface area contributed by atoms with Crippen LogP contribution < -0.4 is 10.6 Å². The smallest absolute Gasteiger partial charge is 0.270 e. The molecule has 0 spiro atoms. The Balaban J connectivity index is 1.49. The summed E-state index contributed by atoms with van der Waals surface area (Å²) >= 11 is 0. The molecule has 206 valence electrons. The maximum Gasteiger partial charge on any atom is 0.270 e. The third-order valence-electron chi connectivity index (χ3n) is 7.91. The highest BCUT2D eigenvalue weighted by molar-refractivity contribution is 5.99. The second-order valence-electron chi connectivity index (χ2n) is 10.8. The number of carbonyl (C=O) groups excluding carboxylic acids is 2. The fourth-order valence-electron chi connectivity index (χ4n) is 5.40. The van der Waals surface area contributed by atoms with Gasteiger partial charge < -0.3 is 10.6 Å². The van der Waals surface area contributed by atoms with Gasteiger partial charge in [0.05, 0.1) is 11.2 Å². The number of hydrogen-bond donors (Lipinski definition) is 2. The Kier molecular flexibility index (Phi) is 7.27. The molecule has 1 aliphatic rings. The molecule has 5 rings (SSSR count).